The summed E-state index contributed by atoms with van der Waals surface area (Å²) in [6.45, 7) is 0.154. The summed E-state index contributed by atoms with van der Waals surface area (Å²) in [5, 5.41) is 19.6. The second-order valence-electron chi connectivity index (χ2n) is 5.48. The summed E-state index contributed by atoms with van der Waals surface area (Å²) >= 11 is 12.0. The van der Waals surface area contributed by atoms with Gasteiger partial charge in [0, 0.05) is 15.6 Å². The number of hydrogen-bond donors (Lipinski definition) is 2. The van der Waals surface area contributed by atoms with Crippen LogP contribution in [0.4, 0.5) is 0 Å². The molecule has 0 amide bonds. The van der Waals surface area contributed by atoms with E-state index in [1.54, 1.807) is 48.5 Å². The Labute approximate surface area is 161 Å². The third-order valence-corrected chi connectivity index (χ3v) is 4.19. The molecule has 0 radical (unpaired) electrons. The van der Waals surface area contributed by atoms with Gasteiger partial charge in [-0.1, -0.05) is 53.5 Å². The summed E-state index contributed by atoms with van der Waals surface area (Å²) in [5.74, 6) is 0.911. The Kier molecular flexibility index (Phi) is 6.06. The Morgan fingerprint density at radius 3 is 2.27 bits per heavy atom. The summed E-state index contributed by atoms with van der Waals surface area (Å²) in [7, 11) is -1.93. The van der Waals surface area contributed by atoms with Crippen LogP contribution in [0, 0.1) is 0 Å². The van der Waals surface area contributed by atoms with Crippen LogP contribution in [0.1, 0.15) is 5.56 Å². The highest BCUT2D eigenvalue weighted by Gasteiger charge is 2.18. The molecule has 0 spiro atoms. The molecule has 0 unspecified atom stereocenters. The van der Waals surface area contributed by atoms with Crippen LogP contribution in [0.3, 0.4) is 0 Å². The fraction of sp³-hybridized carbons (Fsp3) is 0.0526. The van der Waals surface area contributed by atoms with Gasteiger partial charge in [0.05, 0.1) is 0 Å². The van der Waals surface area contributed by atoms with Crippen LogP contribution in [0.5, 0.6) is 11.5 Å². The zero-order valence-corrected chi connectivity index (χ0v) is 15.1. The van der Waals surface area contributed by atoms with Crippen LogP contribution >= 0.6 is 23.2 Å². The average molecular weight is 389 g/mol. The molecule has 0 bridgehead atoms. The second-order valence-corrected chi connectivity index (χ2v) is 6.35. The van der Waals surface area contributed by atoms with Crippen molar-refractivity contribution in [3.63, 3.8) is 0 Å². The van der Waals surface area contributed by atoms with Crippen molar-refractivity contribution < 1.29 is 19.4 Å². The van der Waals surface area contributed by atoms with Crippen molar-refractivity contribution in [3.05, 3.63) is 82.3 Å². The highest BCUT2D eigenvalue weighted by atomic mass is 35.5. The largest absolute Gasteiger partial charge is 0.707 e. The van der Waals surface area contributed by atoms with E-state index in [2.05, 4.69) is 0 Å². The molecule has 0 saturated carbocycles. The van der Waals surface area contributed by atoms with Crippen LogP contribution in [0.15, 0.2) is 66.7 Å². The summed E-state index contributed by atoms with van der Waals surface area (Å²) in [6.07, 6.45) is 0. The van der Waals surface area contributed by atoms with E-state index < -0.39 is 7.32 Å². The minimum Gasteiger partial charge on any atom is -0.512 e. The van der Waals surface area contributed by atoms with Crippen LogP contribution in [-0.4, -0.2) is 17.4 Å². The maximum Gasteiger partial charge on any atom is 0.707 e. The van der Waals surface area contributed by atoms with Crippen LogP contribution in [0.2, 0.25) is 10.0 Å². The molecule has 3 aromatic carbocycles. The van der Waals surface area contributed by atoms with Gasteiger partial charge in [0.2, 0.25) is 0 Å². The molecular weight excluding hydrogens is 374 g/mol. The van der Waals surface area contributed by atoms with E-state index in [0.29, 0.717) is 27.1 Å². The molecule has 0 aliphatic heterocycles. The average Bonchev–Trinajstić information content (AvgIpc) is 2.61. The number of halogens is 2. The molecule has 26 heavy (non-hydrogen) atoms. The van der Waals surface area contributed by atoms with Crippen molar-refractivity contribution in [1.29, 1.82) is 0 Å². The third-order valence-electron chi connectivity index (χ3n) is 3.70. The lowest BCUT2D eigenvalue weighted by Gasteiger charge is -2.17. The molecule has 0 heterocycles. The van der Waals surface area contributed by atoms with Crippen LogP contribution in [-0.2, 0) is 6.61 Å². The van der Waals surface area contributed by atoms with Crippen molar-refractivity contribution >= 4 is 30.5 Å². The lowest BCUT2D eigenvalue weighted by Crippen LogP contribution is -2.21. The Morgan fingerprint density at radius 2 is 1.58 bits per heavy atom. The molecule has 0 aliphatic carbocycles. The number of rotatable bonds is 6. The standard InChI is InChI=1S/C19H15BCl2O4/c21-14-9-7-13(8-10-14)17-5-2-6-19(26-20(23)24)18(17)12-25-16-4-1-3-15(22)11-16/h1-11,23-24H,12H2. The lowest BCUT2D eigenvalue weighted by molar-refractivity contribution is 0.275. The molecule has 0 saturated heterocycles. The summed E-state index contributed by atoms with van der Waals surface area (Å²) in [4.78, 5) is 0. The molecular formula is C19H15BCl2O4. The first-order chi connectivity index (χ1) is 12.5. The summed E-state index contributed by atoms with van der Waals surface area (Å²) < 4.78 is 10.9. The van der Waals surface area contributed by atoms with Gasteiger partial charge in [0.25, 0.3) is 0 Å². The van der Waals surface area contributed by atoms with Gasteiger partial charge in [0.1, 0.15) is 18.1 Å². The van der Waals surface area contributed by atoms with Gasteiger partial charge in [-0.25, -0.2) is 0 Å². The van der Waals surface area contributed by atoms with E-state index in [1.807, 2.05) is 18.2 Å². The minimum absolute atomic E-state index is 0.154. The minimum atomic E-state index is -1.93. The molecule has 4 nitrogen and oxygen atoms in total. The molecule has 3 aromatic rings. The first-order valence-corrected chi connectivity index (χ1v) is 8.57. The van der Waals surface area contributed by atoms with E-state index in [4.69, 9.17) is 32.6 Å². The van der Waals surface area contributed by atoms with E-state index in [0.717, 1.165) is 11.1 Å². The van der Waals surface area contributed by atoms with Gasteiger partial charge in [-0.2, -0.15) is 0 Å². The summed E-state index contributed by atoms with van der Waals surface area (Å²) in [6, 6.07) is 19.7. The van der Waals surface area contributed by atoms with Gasteiger partial charge in [0.15, 0.2) is 0 Å². The van der Waals surface area contributed by atoms with Crippen LogP contribution < -0.4 is 9.39 Å². The van der Waals surface area contributed by atoms with Gasteiger partial charge < -0.3 is 19.4 Å². The first kappa shape index (κ1) is 18.6. The summed E-state index contributed by atoms with van der Waals surface area (Å²) in [5.41, 5.74) is 2.40. The Balaban J connectivity index is 1.97. The van der Waals surface area contributed by atoms with Gasteiger partial charge >= 0.3 is 7.32 Å². The van der Waals surface area contributed by atoms with E-state index in [-0.39, 0.29) is 6.61 Å². The van der Waals surface area contributed by atoms with Crippen molar-refractivity contribution in [2.45, 2.75) is 6.61 Å². The van der Waals surface area contributed by atoms with Crippen molar-refractivity contribution in [3.8, 4) is 22.6 Å². The van der Waals surface area contributed by atoms with Crippen molar-refractivity contribution in [2.24, 2.45) is 0 Å². The van der Waals surface area contributed by atoms with E-state index in [9.17, 15) is 10.0 Å². The molecule has 0 atom stereocenters. The first-order valence-electron chi connectivity index (χ1n) is 7.82. The number of ether oxygens (including phenoxy) is 1. The monoisotopic (exact) mass is 388 g/mol. The predicted octanol–water partition coefficient (Wildman–Crippen LogP) is 4.59. The predicted molar refractivity (Wildman–Crippen MR) is 103 cm³/mol. The molecule has 7 heteroatoms. The maximum absolute atomic E-state index is 9.21. The van der Waals surface area contributed by atoms with E-state index in [1.165, 1.54) is 0 Å². The topological polar surface area (TPSA) is 58.9 Å². The van der Waals surface area contributed by atoms with Gasteiger partial charge in [-0.05, 0) is 47.5 Å². The third kappa shape index (κ3) is 4.71. The normalized spacial score (nSPS) is 10.5. The molecule has 2 N–H and O–H groups in total. The molecule has 0 aliphatic rings. The number of hydrogen-bond acceptors (Lipinski definition) is 4. The highest BCUT2D eigenvalue weighted by molar-refractivity contribution is 6.33. The Morgan fingerprint density at radius 1 is 0.846 bits per heavy atom. The van der Waals surface area contributed by atoms with Crippen molar-refractivity contribution in [1.82, 2.24) is 0 Å². The fourth-order valence-corrected chi connectivity index (χ4v) is 2.86. The molecule has 132 valence electrons. The molecule has 0 fully saturated rings. The smallest absolute Gasteiger partial charge is 0.512 e. The van der Waals surface area contributed by atoms with Crippen LogP contribution in [0.25, 0.3) is 11.1 Å². The molecule has 0 aromatic heterocycles. The number of benzene rings is 3. The SMILES string of the molecule is OB(O)Oc1cccc(-c2ccc(Cl)cc2)c1COc1cccc(Cl)c1. The maximum atomic E-state index is 9.21. The zero-order valence-electron chi connectivity index (χ0n) is 13.6. The Hall–Kier alpha value is -2.18. The second kappa shape index (κ2) is 8.47. The fourth-order valence-electron chi connectivity index (χ4n) is 2.55. The quantitative estimate of drug-likeness (QED) is 0.606. The lowest BCUT2D eigenvalue weighted by atomic mass is 9.99. The Bertz CT molecular complexity index is 885. The zero-order chi connectivity index (χ0) is 18.5. The van der Waals surface area contributed by atoms with Gasteiger partial charge in [-0.3, -0.25) is 0 Å². The molecule has 3 rings (SSSR count). The highest BCUT2D eigenvalue weighted by Crippen LogP contribution is 2.33. The van der Waals surface area contributed by atoms with Gasteiger partial charge in [-0.15, -0.1) is 0 Å². The van der Waals surface area contributed by atoms with E-state index >= 15 is 0 Å². The van der Waals surface area contributed by atoms with Crippen molar-refractivity contribution in [2.75, 3.05) is 0 Å².